The molecular formula is C25H35N3O4S. The molecule has 1 aromatic carbocycles. The lowest BCUT2D eigenvalue weighted by molar-refractivity contribution is -0.143. The van der Waals surface area contributed by atoms with E-state index in [1.807, 2.05) is 45.9 Å². The van der Waals surface area contributed by atoms with Crippen LogP contribution in [0.2, 0.25) is 0 Å². The topological polar surface area (TPSA) is 98.7 Å². The van der Waals surface area contributed by atoms with E-state index in [1.165, 1.54) is 0 Å². The highest BCUT2D eigenvalue weighted by atomic mass is 32.2. The van der Waals surface area contributed by atoms with Crippen molar-refractivity contribution in [3.05, 3.63) is 29.3 Å². The van der Waals surface area contributed by atoms with E-state index in [2.05, 4.69) is 10.6 Å². The molecule has 3 N–H and O–H groups in total. The number of aryl methyl sites for hydroxylation is 2. The maximum Gasteiger partial charge on any atom is 0.248 e. The van der Waals surface area contributed by atoms with Gasteiger partial charge in [-0.2, -0.15) is 0 Å². The molecule has 3 saturated heterocycles. The van der Waals surface area contributed by atoms with Gasteiger partial charge in [-0.1, -0.05) is 38.5 Å². The molecule has 3 fully saturated rings. The van der Waals surface area contributed by atoms with E-state index < -0.39 is 28.7 Å². The van der Waals surface area contributed by atoms with Crippen LogP contribution in [0.3, 0.4) is 0 Å². The smallest absolute Gasteiger partial charge is 0.248 e. The van der Waals surface area contributed by atoms with Gasteiger partial charge in [0.05, 0.1) is 29.2 Å². The molecule has 180 valence electrons. The van der Waals surface area contributed by atoms with Crippen LogP contribution in [-0.4, -0.2) is 63.5 Å². The number of para-hydroxylation sites is 1. The van der Waals surface area contributed by atoms with Crippen molar-refractivity contribution in [3.63, 3.8) is 0 Å². The van der Waals surface area contributed by atoms with Gasteiger partial charge in [0.15, 0.2) is 0 Å². The van der Waals surface area contributed by atoms with Gasteiger partial charge in [-0.25, -0.2) is 0 Å². The molecule has 33 heavy (non-hydrogen) atoms. The predicted molar refractivity (Wildman–Crippen MR) is 130 cm³/mol. The maximum absolute atomic E-state index is 14.0. The summed E-state index contributed by atoms with van der Waals surface area (Å²) in [7, 11) is 1.60. The van der Waals surface area contributed by atoms with Crippen LogP contribution in [0, 0.1) is 31.6 Å². The molecule has 8 heteroatoms. The Balaban J connectivity index is 1.80. The van der Waals surface area contributed by atoms with Crippen LogP contribution in [0.5, 0.6) is 0 Å². The summed E-state index contributed by atoms with van der Waals surface area (Å²) in [6.45, 7) is 7.71. The fourth-order valence-electron chi connectivity index (χ4n) is 6.23. The number of carbonyl (C=O) groups excluding carboxylic acids is 3. The van der Waals surface area contributed by atoms with E-state index in [0.29, 0.717) is 6.42 Å². The number of rotatable bonds is 7. The van der Waals surface area contributed by atoms with E-state index in [1.54, 1.807) is 23.7 Å². The molecule has 0 saturated carbocycles. The summed E-state index contributed by atoms with van der Waals surface area (Å²) in [5.41, 5.74) is 2.68. The molecule has 3 aliphatic rings. The highest BCUT2D eigenvalue weighted by Gasteiger charge is 2.74. The molecule has 2 bridgehead atoms. The third-order valence-electron chi connectivity index (χ3n) is 8.11. The number of benzene rings is 1. The van der Waals surface area contributed by atoms with Crippen molar-refractivity contribution in [1.29, 1.82) is 0 Å². The lowest BCUT2D eigenvalue weighted by Gasteiger charge is -2.39. The van der Waals surface area contributed by atoms with Crippen molar-refractivity contribution in [2.75, 3.05) is 19.0 Å². The average molecular weight is 474 g/mol. The van der Waals surface area contributed by atoms with Crippen molar-refractivity contribution in [3.8, 4) is 0 Å². The molecule has 7 nitrogen and oxygen atoms in total. The molecule has 7 atom stereocenters. The Bertz CT molecular complexity index is 949. The normalized spacial score (nSPS) is 31.9. The number of fused-ring (bicyclic) bond motifs is 1. The first-order valence-corrected chi connectivity index (χ1v) is 12.8. The van der Waals surface area contributed by atoms with Crippen LogP contribution in [0.25, 0.3) is 0 Å². The Morgan fingerprint density at radius 3 is 2.52 bits per heavy atom. The Hall–Kier alpha value is -2.06. The number of aliphatic hydroxyl groups is 1. The van der Waals surface area contributed by atoms with Gasteiger partial charge in [0.2, 0.25) is 17.7 Å². The maximum atomic E-state index is 14.0. The van der Waals surface area contributed by atoms with Gasteiger partial charge < -0.3 is 20.6 Å². The number of nitrogens with zero attached hydrogens (tertiary/aromatic N) is 1. The standard InChI is InChI=1S/C25H35N3O4S/c1-6-13(2)16(12-29)28-21(23(31)27-20-14(3)8-7-9-15(20)4)25-11-10-17(33-25)18(22(30)26-5)19(25)24(28)32/h7-9,13,16-19,21,29H,6,10-12H2,1-5H3,(H,26,30)(H,27,31)/t13-,16-,17-,18+,19-,21?,25?/m0/s1. The Kier molecular flexibility index (Phi) is 6.53. The number of anilines is 1. The molecule has 0 aliphatic carbocycles. The zero-order valence-corrected chi connectivity index (χ0v) is 20.9. The van der Waals surface area contributed by atoms with Gasteiger partial charge >= 0.3 is 0 Å². The first kappa shape index (κ1) is 24.1. The Morgan fingerprint density at radius 2 is 1.94 bits per heavy atom. The van der Waals surface area contributed by atoms with Crippen LogP contribution >= 0.6 is 11.8 Å². The van der Waals surface area contributed by atoms with E-state index in [4.69, 9.17) is 0 Å². The fraction of sp³-hybridized carbons (Fsp3) is 0.640. The van der Waals surface area contributed by atoms with Crippen LogP contribution in [0.15, 0.2) is 18.2 Å². The molecule has 3 heterocycles. The molecule has 1 aromatic rings. The molecule has 0 aromatic heterocycles. The quantitative estimate of drug-likeness (QED) is 0.565. The number of amides is 3. The summed E-state index contributed by atoms with van der Waals surface area (Å²) in [6.07, 6.45) is 2.29. The van der Waals surface area contributed by atoms with Crippen molar-refractivity contribution in [2.45, 2.75) is 69.0 Å². The van der Waals surface area contributed by atoms with Crippen LogP contribution < -0.4 is 10.6 Å². The van der Waals surface area contributed by atoms with Gasteiger partial charge in [0.1, 0.15) is 6.04 Å². The monoisotopic (exact) mass is 473 g/mol. The molecular weight excluding hydrogens is 438 g/mol. The van der Waals surface area contributed by atoms with Gasteiger partial charge in [-0.05, 0) is 43.7 Å². The zero-order chi connectivity index (χ0) is 24.1. The number of hydrogen-bond donors (Lipinski definition) is 3. The first-order chi connectivity index (χ1) is 15.7. The number of thioether (sulfide) groups is 1. The predicted octanol–water partition coefficient (Wildman–Crippen LogP) is 2.49. The second kappa shape index (κ2) is 8.95. The van der Waals surface area contributed by atoms with Gasteiger partial charge in [-0.15, -0.1) is 11.8 Å². The van der Waals surface area contributed by atoms with Gasteiger partial charge in [0, 0.05) is 18.0 Å². The third kappa shape index (κ3) is 3.57. The minimum Gasteiger partial charge on any atom is -0.394 e. The highest BCUT2D eigenvalue weighted by molar-refractivity contribution is 8.02. The second-order valence-corrected chi connectivity index (χ2v) is 11.4. The third-order valence-corrected chi connectivity index (χ3v) is 10.1. The van der Waals surface area contributed by atoms with Crippen LogP contribution in [0.1, 0.15) is 44.2 Å². The van der Waals surface area contributed by atoms with Crippen LogP contribution in [-0.2, 0) is 14.4 Å². The van der Waals surface area contributed by atoms with E-state index >= 15 is 0 Å². The summed E-state index contributed by atoms with van der Waals surface area (Å²) >= 11 is 1.65. The SMILES string of the molecule is CC[C@H](C)[C@H](CO)N1C(=O)[C@@H]2[C@H](C(=O)NC)[C@@H]3CCC2(S3)C1C(=O)Nc1c(C)cccc1C. The van der Waals surface area contributed by atoms with E-state index in [-0.39, 0.29) is 35.5 Å². The Morgan fingerprint density at radius 1 is 1.27 bits per heavy atom. The molecule has 3 aliphatic heterocycles. The van der Waals surface area contributed by atoms with Crippen LogP contribution in [0.4, 0.5) is 5.69 Å². The largest absolute Gasteiger partial charge is 0.394 e. The summed E-state index contributed by atoms with van der Waals surface area (Å²) in [5, 5.41) is 16.2. The lowest BCUT2D eigenvalue weighted by atomic mass is 9.70. The van der Waals surface area contributed by atoms with Crippen molar-refractivity contribution in [1.82, 2.24) is 10.2 Å². The fourth-order valence-corrected chi connectivity index (χ4v) is 8.44. The number of carbonyl (C=O) groups is 3. The summed E-state index contributed by atoms with van der Waals surface area (Å²) in [5.74, 6) is -1.50. The number of nitrogens with one attached hydrogen (secondary N) is 2. The first-order valence-electron chi connectivity index (χ1n) is 11.9. The summed E-state index contributed by atoms with van der Waals surface area (Å²) in [4.78, 5) is 42.4. The number of hydrogen-bond acceptors (Lipinski definition) is 5. The number of likely N-dealkylation sites (tertiary alicyclic amines) is 1. The van der Waals surface area contributed by atoms with E-state index in [9.17, 15) is 19.5 Å². The van der Waals surface area contributed by atoms with Crippen molar-refractivity contribution < 1.29 is 19.5 Å². The van der Waals surface area contributed by atoms with Crippen molar-refractivity contribution in [2.24, 2.45) is 17.8 Å². The van der Waals surface area contributed by atoms with Gasteiger partial charge in [-0.3, -0.25) is 14.4 Å². The zero-order valence-electron chi connectivity index (χ0n) is 20.1. The minimum atomic E-state index is -0.732. The minimum absolute atomic E-state index is 0.0188. The van der Waals surface area contributed by atoms with Gasteiger partial charge in [0.25, 0.3) is 0 Å². The van der Waals surface area contributed by atoms with Crippen molar-refractivity contribution >= 4 is 35.2 Å². The molecule has 3 amide bonds. The average Bonchev–Trinajstić information content (AvgIpc) is 3.44. The molecule has 4 rings (SSSR count). The highest BCUT2D eigenvalue weighted by Crippen LogP contribution is 2.66. The van der Waals surface area contributed by atoms with E-state index in [0.717, 1.165) is 29.7 Å². The Labute approximate surface area is 200 Å². The lowest BCUT2D eigenvalue weighted by Crippen LogP contribution is -2.56. The molecule has 0 radical (unpaired) electrons. The summed E-state index contributed by atoms with van der Waals surface area (Å²) in [6, 6.07) is 4.65. The molecule has 1 spiro atoms. The number of aliphatic hydroxyl groups excluding tert-OH is 1. The summed E-state index contributed by atoms with van der Waals surface area (Å²) < 4.78 is -0.652. The molecule has 2 unspecified atom stereocenters. The second-order valence-electron chi connectivity index (χ2n) is 9.81.